The summed E-state index contributed by atoms with van der Waals surface area (Å²) >= 11 is 16.7. The van der Waals surface area contributed by atoms with Crippen LogP contribution in [0, 0.1) is 27.1 Å². The second-order valence-electron chi connectivity index (χ2n) is 11.3. The summed E-state index contributed by atoms with van der Waals surface area (Å²) in [6.07, 6.45) is 1.82. The molecule has 3 aromatic carbocycles. The van der Waals surface area contributed by atoms with Gasteiger partial charge in [-0.15, -0.1) is 23.2 Å². The van der Waals surface area contributed by atoms with Crippen molar-refractivity contribution >= 4 is 80.8 Å². The Labute approximate surface area is 269 Å². The van der Waals surface area contributed by atoms with Gasteiger partial charge in [0.1, 0.15) is 11.6 Å². The van der Waals surface area contributed by atoms with E-state index in [2.05, 4.69) is 22.6 Å². The highest BCUT2D eigenvalue weighted by atomic mass is 127. The highest BCUT2D eigenvalue weighted by Gasteiger charge is 2.76. The molecule has 0 aromatic heterocycles. The number of carbonyl (C=O) groups is 4. The van der Waals surface area contributed by atoms with E-state index in [0.29, 0.717) is 11.3 Å². The number of imide groups is 2. The van der Waals surface area contributed by atoms with Crippen molar-refractivity contribution in [1.82, 2.24) is 0 Å². The molecule has 43 heavy (non-hydrogen) atoms. The van der Waals surface area contributed by atoms with Crippen LogP contribution < -0.4 is 9.80 Å². The van der Waals surface area contributed by atoms with Crippen LogP contribution in [0.25, 0.3) is 0 Å². The van der Waals surface area contributed by atoms with Crippen molar-refractivity contribution in [1.29, 1.82) is 0 Å². The number of halogens is 4. The third-order valence-corrected chi connectivity index (χ3v) is 11.4. The normalized spacial score (nSPS) is 31.6. The van der Waals surface area contributed by atoms with Crippen LogP contribution in [-0.2, 0) is 19.2 Å². The van der Waals surface area contributed by atoms with Gasteiger partial charge in [0.15, 0.2) is 9.75 Å². The molecular weight excluding hydrogens is 709 g/mol. The van der Waals surface area contributed by atoms with Gasteiger partial charge in [-0.1, -0.05) is 29.8 Å². The average molecular weight is 731 g/mol. The van der Waals surface area contributed by atoms with Gasteiger partial charge in [0.2, 0.25) is 11.8 Å². The first-order valence-electron chi connectivity index (χ1n) is 13.6. The number of benzene rings is 3. The fourth-order valence-corrected chi connectivity index (χ4v) is 8.61. The number of rotatable bonds is 3. The van der Waals surface area contributed by atoms with E-state index in [9.17, 15) is 28.7 Å². The van der Waals surface area contributed by atoms with Gasteiger partial charge in [-0.3, -0.25) is 24.1 Å². The van der Waals surface area contributed by atoms with Gasteiger partial charge < -0.3 is 5.11 Å². The Morgan fingerprint density at radius 1 is 0.814 bits per heavy atom. The SMILES string of the molecule is O=C1[C@H]2[C@H](CC=C3[C@H]2C[C@@]2(Cl)C(=O)N(c4ccc(F)cc4)C(=O)[C@@]2(Cl)[C@H]3c2ccccc2O)C(=O)N1c1ccc(I)cc1. The Morgan fingerprint density at radius 2 is 1.44 bits per heavy atom. The average Bonchev–Trinajstić information content (AvgIpc) is 3.33. The zero-order valence-corrected chi connectivity index (χ0v) is 25.9. The van der Waals surface area contributed by atoms with Crippen molar-refractivity contribution in [3.63, 3.8) is 0 Å². The zero-order chi connectivity index (χ0) is 30.4. The Morgan fingerprint density at radius 3 is 2.12 bits per heavy atom. The number of fused-ring (bicyclic) bond motifs is 4. The molecule has 218 valence electrons. The van der Waals surface area contributed by atoms with Crippen molar-refractivity contribution in [2.45, 2.75) is 28.5 Å². The number of phenolic OH excluding ortho intramolecular Hbond substituents is 1. The number of aromatic hydroxyl groups is 1. The zero-order valence-electron chi connectivity index (χ0n) is 22.2. The lowest BCUT2D eigenvalue weighted by atomic mass is 9.56. The summed E-state index contributed by atoms with van der Waals surface area (Å²) < 4.78 is 14.7. The van der Waals surface area contributed by atoms with Gasteiger partial charge >= 0.3 is 0 Å². The number of carbonyl (C=O) groups excluding carboxylic acids is 4. The molecule has 6 atom stereocenters. The molecule has 0 bridgehead atoms. The van der Waals surface area contributed by atoms with Crippen LogP contribution in [0.4, 0.5) is 15.8 Å². The standard InChI is InChI=1S/C32H22Cl2FIN2O5/c33-31-15-23-20(13-14-22-25(23)28(41)37(27(22)40)18-11-7-17(36)8-12-18)26(21-3-1-2-4-24(21)39)32(31,34)30(43)38(29(31)42)19-9-5-16(35)6-10-19/h1-13,22-23,25-26,39H,14-15H2/t22-,23+,25-,26+,31+,32-/m0/s1. The van der Waals surface area contributed by atoms with Crippen LogP contribution >= 0.6 is 45.8 Å². The smallest absolute Gasteiger partial charge is 0.258 e. The summed E-state index contributed by atoms with van der Waals surface area (Å²) in [5.41, 5.74) is 1.38. The Kier molecular flexibility index (Phi) is 6.54. The van der Waals surface area contributed by atoms with Crippen LogP contribution in [0.15, 0.2) is 84.4 Å². The minimum absolute atomic E-state index is 0.0914. The van der Waals surface area contributed by atoms with Crippen molar-refractivity contribution in [3.8, 4) is 5.75 Å². The van der Waals surface area contributed by atoms with Crippen LogP contribution in [-0.4, -0.2) is 38.5 Å². The minimum Gasteiger partial charge on any atom is -0.508 e. The number of amides is 4. The van der Waals surface area contributed by atoms with Crippen LogP contribution in [0.3, 0.4) is 0 Å². The summed E-state index contributed by atoms with van der Waals surface area (Å²) in [7, 11) is 0. The van der Waals surface area contributed by atoms with E-state index in [1.54, 1.807) is 42.5 Å². The highest BCUT2D eigenvalue weighted by Crippen LogP contribution is 2.66. The molecule has 2 aliphatic heterocycles. The quantitative estimate of drug-likeness (QED) is 0.157. The first kappa shape index (κ1) is 28.5. The van der Waals surface area contributed by atoms with Crippen LogP contribution in [0.2, 0.25) is 0 Å². The number of alkyl halides is 2. The van der Waals surface area contributed by atoms with E-state index < -0.39 is 57.0 Å². The fourth-order valence-electron chi connectivity index (χ4n) is 7.32. The molecule has 7 rings (SSSR count). The van der Waals surface area contributed by atoms with E-state index in [1.165, 1.54) is 23.1 Å². The number of hydrogen-bond acceptors (Lipinski definition) is 5. The molecule has 3 aromatic rings. The van der Waals surface area contributed by atoms with Gasteiger partial charge in [0.25, 0.3) is 11.8 Å². The molecule has 4 amide bonds. The number of nitrogens with zero attached hydrogens (tertiary/aromatic N) is 2. The summed E-state index contributed by atoms with van der Waals surface area (Å²) in [5.74, 6) is -6.51. The Balaban J connectivity index is 1.40. The number of para-hydroxylation sites is 1. The third kappa shape index (κ3) is 3.83. The molecule has 7 nitrogen and oxygen atoms in total. The molecule has 2 saturated heterocycles. The van der Waals surface area contributed by atoms with Crippen molar-refractivity contribution < 1.29 is 28.7 Å². The largest absolute Gasteiger partial charge is 0.508 e. The molecule has 1 N–H and O–H groups in total. The lowest BCUT2D eigenvalue weighted by Crippen LogP contribution is -2.60. The molecule has 2 heterocycles. The van der Waals surface area contributed by atoms with Gasteiger partial charge in [0, 0.05) is 15.1 Å². The number of hydrogen-bond donors (Lipinski definition) is 1. The van der Waals surface area contributed by atoms with Gasteiger partial charge in [-0.05, 0) is 95.9 Å². The fraction of sp³-hybridized carbons (Fsp3) is 0.250. The van der Waals surface area contributed by atoms with Gasteiger partial charge in [-0.25, -0.2) is 9.29 Å². The maximum atomic E-state index is 14.3. The van der Waals surface area contributed by atoms with Crippen molar-refractivity contribution in [3.05, 3.63) is 99.4 Å². The van der Waals surface area contributed by atoms with Gasteiger partial charge in [-0.2, -0.15) is 0 Å². The molecule has 1 saturated carbocycles. The number of allylic oxidation sites excluding steroid dienone is 2. The van der Waals surface area contributed by atoms with Crippen molar-refractivity contribution in [2.75, 3.05) is 9.80 Å². The Hall–Kier alpha value is -3.28. The molecule has 0 radical (unpaired) electrons. The van der Waals surface area contributed by atoms with Gasteiger partial charge in [0.05, 0.1) is 23.2 Å². The third-order valence-electron chi connectivity index (χ3n) is 9.23. The topological polar surface area (TPSA) is 95.0 Å². The minimum atomic E-state index is -2.10. The maximum Gasteiger partial charge on any atom is 0.258 e. The highest BCUT2D eigenvalue weighted by molar-refractivity contribution is 14.1. The van der Waals surface area contributed by atoms with Crippen LogP contribution in [0.1, 0.15) is 24.3 Å². The van der Waals surface area contributed by atoms with E-state index in [-0.39, 0.29) is 35.7 Å². The summed E-state index contributed by atoms with van der Waals surface area (Å²) in [6, 6.07) is 18.2. The van der Waals surface area contributed by atoms with E-state index in [4.69, 9.17) is 23.2 Å². The number of phenols is 1. The van der Waals surface area contributed by atoms with E-state index in [0.717, 1.165) is 20.6 Å². The molecule has 11 heteroatoms. The molecule has 0 unspecified atom stereocenters. The summed E-state index contributed by atoms with van der Waals surface area (Å²) in [5, 5.41) is 11.0. The van der Waals surface area contributed by atoms with Crippen LogP contribution in [0.5, 0.6) is 5.75 Å². The second kappa shape index (κ2) is 9.87. The first-order chi connectivity index (χ1) is 20.5. The molecular formula is C32H22Cl2FIN2O5. The van der Waals surface area contributed by atoms with Crippen molar-refractivity contribution in [2.24, 2.45) is 17.8 Å². The first-order valence-corrected chi connectivity index (χ1v) is 15.5. The van der Waals surface area contributed by atoms with E-state index >= 15 is 0 Å². The lowest BCUT2D eigenvalue weighted by Gasteiger charge is -2.50. The predicted octanol–water partition coefficient (Wildman–Crippen LogP) is 5.90. The monoisotopic (exact) mass is 730 g/mol. The van der Waals surface area contributed by atoms with E-state index in [1.807, 2.05) is 6.08 Å². The molecule has 4 aliphatic rings. The summed E-state index contributed by atoms with van der Waals surface area (Å²) in [4.78, 5) is 54.2. The second-order valence-corrected chi connectivity index (χ2v) is 13.8. The lowest BCUT2D eigenvalue weighted by molar-refractivity contribution is -0.125. The molecule has 3 fully saturated rings. The molecule has 2 aliphatic carbocycles. The summed E-state index contributed by atoms with van der Waals surface area (Å²) in [6.45, 7) is 0. The maximum absolute atomic E-state index is 14.3. The molecule has 0 spiro atoms. The Bertz CT molecular complexity index is 1770. The predicted molar refractivity (Wildman–Crippen MR) is 166 cm³/mol. The number of anilines is 2.